The quantitative estimate of drug-likeness (QED) is 0.720. The molecule has 1 N–H and O–H groups in total. The van der Waals surface area contributed by atoms with E-state index >= 15 is 0 Å². The number of nitrogens with one attached hydrogen (secondary N) is 1. The number of hydrogen-bond acceptors (Lipinski definition) is 2. The zero-order valence-corrected chi connectivity index (χ0v) is 12.5. The summed E-state index contributed by atoms with van der Waals surface area (Å²) in [4.78, 5) is 4.11. The lowest BCUT2D eigenvalue weighted by Crippen LogP contribution is -1.99. The van der Waals surface area contributed by atoms with Crippen LogP contribution < -0.4 is 5.32 Å². The number of pyridine rings is 1. The minimum atomic E-state index is -0.323. The molecule has 0 aliphatic heterocycles. The number of benzene rings is 2. The normalized spacial score (nSPS) is 10.5. The maximum absolute atomic E-state index is 13.3. The molecule has 1 aromatic heterocycles. The molecule has 0 saturated heterocycles. The highest BCUT2D eigenvalue weighted by Crippen LogP contribution is 2.21. The van der Waals surface area contributed by atoms with Gasteiger partial charge in [0.25, 0.3) is 0 Å². The van der Waals surface area contributed by atoms with Gasteiger partial charge in [-0.05, 0) is 53.1 Å². The summed E-state index contributed by atoms with van der Waals surface area (Å²) in [6.45, 7) is 0.518. The number of rotatable bonds is 4. The Bertz CT molecular complexity index is 738. The monoisotopic (exact) mass is 312 g/mol. The van der Waals surface area contributed by atoms with E-state index in [1.807, 2.05) is 42.6 Å². The summed E-state index contributed by atoms with van der Waals surface area (Å²) >= 11 is 5.85. The molecule has 0 fully saturated rings. The van der Waals surface area contributed by atoms with E-state index in [1.165, 1.54) is 12.1 Å². The van der Waals surface area contributed by atoms with Crippen LogP contribution in [0.15, 0.2) is 67.0 Å². The van der Waals surface area contributed by atoms with Crippen LogP contribution in [0.3, 0.4) is 0 Å². The fourth-order valence-corrected chi connectivity index (χ4v) is 2.48. The highest BCUT2D eigenvalue weighted by molar-refractivity contribution is 6.30. The maximum atomic E-state index is 13.3. The van der Waals surface area contributed by atoms with Gasteiger partial charge in [-0.2, -0.15) is 0 Å². The molecule has 0 aliphatic rings. The van der Waals surface area contributed by atoms with E-state index in [0.717, 1.165) is 22.4 Å². The van der Waals surface area contributed by atoms with Gasteiger partial charge in [0.15, 0.2) is 0 Å². The zero-order chi connectivity index (χ0) is 15.4. The lowest BCUT2D eigenvalue weighted by Gasteiger charge is -2.08. The molecule has 22 heavy (non-hydrogen) atoms. The number of anilines is 1. The Morgan fingerprint density at radius 2 is 1.82 bits per heavy atom. The highest BCUT2D eigenvalue weighted by atomic mass is 35.5. The Balaban J connectivity index is 1.69. The first-order valence-electron chi connectivity index (χ1n) is 6.90. The largest absolute Gasteiger partial charge is 0.381 e. The molecular weight excluding hydrogens is 299 g/mol. The summed E-state index contributed by atoms with van der Waals surface area (Å²) in [5, 5.41) is 3.66. The maximum Gasteiger partial charge on any atom is 0.125 e. The van der Waals surface area contributed by atoms with Crippen molar-refractivity contribution in [1.82, 2.24) is 4.98 Å². The summed E-state index contributed by atoms with van der Waals surface area (Å²) in [7, 11) is 0. The lowest BCUT2D eigenvalue weighted by atomic mass is 10.1. The second kappa shape index (κ2) is 6.58. The van der Waals surface area contributed by atoms with E-state index in [4.69, 9.17) is 11.6 Å². The van der Waals surface area contributed by atoms with Gasteiger partial charge in [0, 0.05) is 29.6 Å². The van der Waals surface area contributed by atoms with Gasteiger partial charge in [0.05, 0.1) is 0 Å². The third kappa shape index (κ3) is 3.62. The molecule has 3 rings (SSSR count). The summed E-state index contributed by atoms with van der Waals surface area (Å²) in [6, 6.07) is 16.5. The Morgan fingerprint density at radius 3 is 2.50 bits per heavy atom. The van der Waals surface area contributed by atoms with Crippen LogP contribution in [0.4, 0.5) is 10.1 Å². The van der Waals surface area contributed by atoms with Crippen LogP contribution in [-0.2, 0) is 6.54 Å². The number of hydrogen-bond donors (Lipinski definition) is 1. The van der Waals surface area contributed by atoms with Gasteiger partial charge in [0.1, 0.15) is 5.82 Å². The molecule has 0 saturated carbocycles. The van der Waals surface area contributed by atoms with Crippen LogP contribution in [0, 0.1) is 5.82 Å². The van der Waals surface area contributed by atoms with Gasteiger partial charge >= 0.3 is 0 Å². The van der Waals surface area contributed by atoms with E-state index in [-0.39, 0.29) is 5.82 Å². The Labute approximate surface area is 133 Å². The molecule has 2 aromatic carbocycles. The van der Waals surface area contributed by atoms with E-state index in [2.05, 4.69) is 10.3 Å². The van der Waals surface area contributed by atoms with Gasteiger partial charge in [-0.1, -0.05) is 29.8 Å². The van der Waals surface area contributed by atoms with Crippen molar-refractivity contribution in [3.05, 3.63) is 83.4 Å². The molecular formula is C18H14ClFN2. The van der Waals surface area contributed by atoms with Crippen molar-refractivity contribution in [3.8, 4) is 11.1 Å². The third-order valence-electron chi connectivity index (χ3n) is 3.30. The lowest BCUT2D eigenvalue weighted by molar-refractivity contribution is 0.626. The summed E-state index contributed by atoms with van der Waals surface area (Å²) < 4.78 is 13.3. The van der Waals surface area contributed by atoms with Crippen molar-refractivity contribution >= 4 is 17.3 Å². The van der Waals surface area contributed by atoms with Crippen LogP contribution in [0.2, 0.25) is 5.02 Å². The van der Waals surface area contributed by atoms with Crippen molar-refractivity contribution in [1.29, 1.82) is 0 Å². The standard InChI is InChI=1S/C18H14ClFN2/c19-16-8-13(9-17(20)10-16)11-22-18-5-3-14(4-6-18)15-2-1-7-21-12-15/h1-10,12,22H,11H2. The molecule has 1 heterocycles. The fraction of sp³-hybridized carbons (Fsp3) is 0.0556. The Morgan fingerprint density at radius 1 is 1.00 bits per heavy atom. The van der Waals surface area contributed by atoms with Gasteiger partial charge in [-0.15, -0.1) is 0 Å². The van der Waals surface area contributed by atoms with Crippen molar-refractivity contribution in [2.24, 2.45) is 0 Å². The smallest absolute Gasteiger partial charge is 0.125 e. The van der Waals surface area contributed by atoms with Crippen LogP contribution in [-0.4, -0.2) is 4.98 Å². The van der Waals surface area contributed by atoms with Crippen LogP contribution in [0.5, 0.6) is 0 Å². The molecule has 4 heteroatoms. The van der Waals surface area contributed by atoms with Gasteiger partial charge in [-0.3, -0.25) is 4.98 Å². The second-order valence-corrected chi connectivity index (χ2v) is 5.39. The van der Waals surface area contributed by atoms with Crippen LogP contribution in [0.1, 0.15) is 5.56 Å². The molecule has 0 amide bonds. The van der Waals surface area contributed by atoms with Crippen molar-refractivity contribution in [3.63, 3.8) is 0 Å². The van der Waals surface area contributed by atoms with E-state index in [0.29, 0.717) is 11.6 Å². The molecule has 0 bridgehead atoms. The molecule has 110 valence electrons. The minimum Gasteiger partial charge on any atom is -0.381 e. The number of nitrogens with zero attached hydrogens (tertiary/aromatic N) is 1. The average molecular weight is 313 g/mol. The Hall–Kier alpha value is -2.39. The van der Waals surface area contributed by atoms with E-state index < -0.39 is 0 Å². The van der Waals surface area contributed by atoms with E-state index in [1.54, 1.807) is 12.3 Å². The predicted octanol–water partition coefficient (Wildman–Crippen LogP) is 5.15. The first-order chi connectivity index (χ1) is 10.7. The fourth-order valence-electron chi connectivity index (χ4n) is 2.23. The molecule has 2 nitrogen and oxygen atoms in total. The van der Waals surface area contributed by atoms with Crippen LogP contribution >= 0.6 is 11.6 Å². The molecule has 0 aliphatic carbocycles. The molecule has 0 atom stereocenters. The number of aromatic nitrogens is 1. The summed E-state index contributed by atoms with van der Waals surface area (Å²) in [6.07, 6.45) is 3.58. The second-order valence-electron chi connectivity index (χ2n) is 4.95. The minimum absolute atomic E-state index is 0.323. The number of halogens is 2. The van der Waals surface area contributed by atoms with Crippen molar-refractivity contribution in [2.45, 2.75) is 6.54 Å². The summed E-state index contributed by atoms with van der Waals surface area (Å²) in [5.41, 5.74) is 3.95. The van der Waals surface area contributed by atoms with E-state index in [9.17, 15) is 4.39 Å². The molecule has 3 aromatic rings. The SMILES string of the molecule is Fc1cc(Cl)cc(CNc2ccc(-c3cccnc3)cc2)c1. The molecule has 0 spiro atoms. The van der Waals surface area contributed by atoms with Crippen molar-refractivity contribution in [2.75, 3.05) is 5.32 Å². The van der Waals surface area contributed by atoms with Gasteiger partial charge in [-0.25, -0.2) is 4.39 Å². The molecule has 0 radical (unpaired) electrons. The zero-order valence-electron chi connectivity index (χ0n) is 11.8. The average Bonchev–Trinajstić information content (AvgIpc) is 2.53. The Kier molecular flexibility index (Phi) is 4.35. The predicted molar refractivity (Wildman–Crippen MR) is 88.4 cm³/mol. The molecule has 0 unspecified atom stereocenters. The van der Waals surface area contributed by atoms with Gasteiger partial charge < -0.3 is 5.32 Å². The van der Waals surface area contributed by atoms with Gasteiger partial charge in [0.2, 0.25) is 0 Å². The first kappa shape index (κ1) is 14.5. The van der Waals surface area contributed by atoms with Crippen molar-refractivity contribution < 1.29 is 4.39 Å². The topological polar surface area (TPSA) is 24.9 Å². The van der Waals surface area contributed by atoms with Crippen LogP contribution in [0.25, 0.3) is 11.1 Å². The highest BCUT2D eigenvalue weighted by Gasteiger charge is 2.01. The first-order valence-corrected chi connectivity index (χ1v) is 7.28. The third-order valence-corrected chi connectivity index (χ3v) is 3.52. The summed E-state index contributed by atoms with van der Waals surface area (Å²) in [5.74, 6) is -0.323.